The Morgan fingerprint density at radius 3 is 2.52 bits per heavy atom. The molecule has 0 aliphatic carbocycles. The van der Waals surface area contributed by atoms with Gasteiger partial charge in [-0.25, -0.2) is 5.43 Å². The molecule has 0 saturated heterocycles. The van der Waals surface area contributed by atoms with Crippen molar-refractivity contribution in [2.75, 3.05) is 5.32 Å². The summed E-state index contributed by atoms with van der Waals surface area (Å²) in [6, 6.07) is 19.5. The van der Waals surface area contributed by atoms with E-state index in [0.29, 0.717) is 22.9 Å². The summed E-state index contributed by atoms with van der Waals surface area (Å²) in [6.45, 7) is 0.368. The van der Waals surface area contributed by atoms with Gasteiger partial charge in [0.15, 0.2) is 0 Å². The summed E-state index contributed by atoms with van der Waals surface area (Å²) in [5.41, 5.74) is 4.04. The highest BCUT2D eigenvalue weighted by Gasteiger charge is 2.15. The van der Waals surface area contributed by atoms with Gasteiger partial charge in [-0.2, -0.15) is 5.10 Å². The maximum Gasteiger partial charge on any atom is 0.329 e. The average molecular weight is 521 g/mol. The maximum absolute atomic E-state index is 12.0. The van der Waals surface area contributed by atoms with Gasteiger partial charge in [-0.3, -0.25) is 9.59 Å². The third-order valence-electron chi connectivity index (χ3n) is 3.98. The lowest BCUT2D eigenvalue weighted by molar-refractivity contribution is -0.136. The Balaban J connectivity index is 1.58. The molecule has 0 aromatic heterocycles. The first-order valence-corrected chi connectivity index (χ1v) is 10.5. The Bertz CT molecular complexity index is 1120. The topological polar surface area (TPSA) is 79.8 Å². The molecular formula is C22H16BrCl2N3O3. The number of nitrogens with one attached hydrogen (secondary N) is 2. The Kier molecular flexibility index (Phi) is 8.06. The van der Waals surface area contributed by atoms with Crippen LogP contribution < -0.4 is 15.5 Å². The number of hydrogen-bond acceptors (Lipinski definition) is 4. The van der Waals surface area contributed by atoms with E-state index in [1.807, 2.05) is 36.4 Å². The summed E-state index contributed by atoms with van der Waals surface area (Å²) in [4.78, 5) is 24.1. The Hall–Kier alpha value is -2.87. The molecule has 2 amide bonds. The molecule has 3 aromatic carbocycles. The molecular weight excluding hydrogens is 505 g/mol. The quantitative estimate of drug-likeness (QED) is 0.258. The summed E-state index contributed by atoms with van der Waals surface area (Å²) in [5.74, 6) is -1.31. The van der Waals surface area contributed by atoms with E-state index >= 15 is 0 Å². The normalized spacial score (nSPS) is 10.7. The molecule has 3 aromatic rings. The van der Waals surface area contributed by atoms with Gasteiger partial charge in [0.05, 0.1) is 16.9 Å². The second kappa shape index (κ2) is 10.9. The van der Waals surface area contributed by atoms with E-state index in [-0.39, 0.29) is 10.7 Å². The van der Waals surface area contributed by atoms with E-state index < -0.39 is 11.8 Å². The first-order chi connectivity index (χ1) is 14.9. The molecule has 0 bridgehead atoms. The van der Waals surface area contributed by atoms with Crippen LogP contribution in [0.5, 0.6) is 5.75 Å². The Morgan fingerprint density at radius 1 is 1.00 bits per heavy atom. The van der Waals surface area contributed by atoms with Gasteiger partial charge in [-0.15, -0.1) is 0 Å². The third kappa shape index (κ3) is 6.82. The lowest BCUT2D eigenvalue weighted by atomic mass is 10.2. The van der Waals surface area contributed by atoms with E-state index in [0.717, 1.165) is 10.0 Å². The van der Waals surface area contributed by atoms with Crippen molar-refractivity contribution in [3.63, 3.8) is 0 Å². The van der Waals surface area contributed by atoms with Crippen molar-refractivity contribution in [2.45, 2.75) is 6.61 Å². The summed E-state index contributed by atoms with van der Waals surface area (Å²) < 4.78 is 6.83. The van der Waals surface area contributed by atoms with E-state index in [9.17, 15) is 9.59 Å². The predicted octanol–water partition coefficient (Wildman–Crippen LogP) is 5.42. The smallest absolute Gasteiger partial charge is 0.329 e. The molecule has 31 heavy (non-hydrogen) atoms. The number of anilines is 1. The van der Waals surface area contributed by atoms with Crippen LogP contribution in [0.2, 0.25) is 10.0 Å². The summed E-state index contributed by atoms with van der Waals surface area (Å²) in [7, 11) is 0. The zero-order chi connectivity index (χ0) is 22.2. The van der Waals surface area contributed by atoms with Crippen molar-refractivity contribution in [2.24, 2.45) is 5.10 Å². The van der Waals surface area contributed by atoms with Crippen LogP contribution >= 0.6 is 39.1 Å². The van der Waals surface area contributed by atoms with Crippen LogP contribution in [0.3, 0.4) is 0 Å². The van der Waals surface area contributed by atoms with Crippen LogP contribution in [0.4, 0.5) is 5.69 Å². The largest absolute Gasteiger partial charge is 0.488 e. The molecule has 6 nitrogen and oxygen atoms in total. The number of carbonyl (C=O) groups excluding carboxylic acids is 2. The molecule has 158 valence electrons. The van der Waals surface area contributed by atoms with Crippen LogP contribution in [0.25, 0.3) is 0 Å². The Morgan fingerprint density at radius 2 is 1.74 bits per heavy atom. The number of hydrazone groups is 1. The zero-order valence-corrected chi connectivity index (χ0v) is 19.0. The fourth-order valence-electron chi connectivity index (χ4n) is 2.44. The van der Waals surface area contributed by atoms with Gasteiger partial charge >= 0.3 is 11.8 Å². The van der Waals surface area contributed by atoms with E-state index in [1.165, 1.54) is 18.3 Å². The number of amides is 2. The van der Waals surface area contributed by atoms with Crippen LogP contribution in [-0.4, -0.2) is 18.0 Å². The van der Waals surface area contributed by atoms with Crippen LogP contribution in [0, 0.1) is 0 Å². The van der Waals surface area contributed by atoms with Crippen LogP contribution in [0.1, 0.15) is 11.1 Å². The van der Waals surface area contributed by atoms with Gasteiger partial charge in [0.1, 0.15) is 12.4 Å². The highest BCUT2D eigenvalue weighted by molar-refractivity contribution is 9.10. The van der Waals surface area contributed by atoms with Gasteiger partial charge in [0.25, 0.3) is 0 Å². The van der Waals surface area contributed by atoms with Crippen molar-refractivity contribution >= 4 is 62.8 Å². The second-order valence-electron chi connectivity index (χ2n) is 6.23. The minimum absolute atomic E-state index is 0.227. The first-order valence-electron chi connectivity index (χ1n) is 8.98. The average Bonchev–Trinajstić information content (AvgIpc) is 2.76. The standard InChI is InChI=1S/C22H16BrCl2N3O3/c23-16-7-5-14(6-8-16)13-31-20-4-2-1-3-15(20)12-26-28-22(30)21(29)27-19-11-17(24)9-10-18(19)25/h1-12H,13H2,(H,27,29)(H,28,30)/b26-12-. The first kappa shape index (κ1) is 22.8. The summed E-state index contributed by atoms with van der Waals surface area (Å²) >= 11 is 15.2. The molecule has 0 aliphatic rings. The van der Waals surface area contributed by atoms with E-state index in [4.69, 9.17) is 27.9 Å². The van der Waals surface area contributed by atoms with Crippen molar-refractivity contribution in [3.05, 3.63) is 92.4 Å². The molecule has 0 unspecified atom stereocenters. The molecule has 0 spiro atoms. The van der Waals surface area contributed by atoms with Crippen LogP contribution in [-0.2, 0) is 16.2 Å². The molecule has 2 N–H and O–H groups in total. The van der Waals surface area contributed by atoms with Gasteiger partial charge < -0.3 is 10.1 Å². The fourth-order valence-corrected chi connectivity index (χ4v) is 3.05. The molecule has 0 aliphatic heterocycles. The number of nitrogens with zero attached hydrogens (tertiary/aromatic N) is 1. The Labute approximate surface area is 197 Å². The maximum atomic E-state index is 12.0. The molecule has 3 rings (SSSR count). The lowest BCUT2D eigenvalue weighted by Gasteiger charge is -2.09. The van der Waals surface area contributed by atoms with Gasteiger partial charge in [0, 0.05) is 15.1 Å². The van der Waals surface area contributed by atoms with Gasteiger partial charge in [-0.1, -0.05) is 63.4 Å². The number of rotatable bonds is 6. The predicted molar refractivity (Wildman–Crippen MR) is 126 cm³/mol. The van der Waals surface area contributed by atoms with E-state index in [2.05, 4.69) is 31.8 Å². The number of carbonyl (C=O) groups is 2. The molecule has 0 radical (unpaired) electrons. The van der Waals surface area contributed by atoms with Crippen molar-refractivity contribution in [3.8, 4) is 5.75 Å². The van der Waals surface area contributed by atoms with E-state index in [1.54, 1.807) is 18.2 Å². The van der Waals surface area contributed by atoms with Crippen LogP contribution in [0.15, 0.2) is 76.3 Å². The second-order valence-corrected chi connectivity index (χ2v) is 7.99. The number of halogens is 3. The van der Waals surface area contributed by atoms with Crippen molar-refractivity contribution in [1.29, 1.82) is 0 Å². The lowest BCUT2D eigenvalue weighted by Crippen LogP contribution is -2.32. The number of ether oxygens (including phenoxy) is 1. The molecule has 9 heteroatoms. The molecule has 0 saturated carbocycles. The SMILES string of the molecule is O=C(N/N=C\c1ccccc1OCc1ccc(Br)cc1)C(=O)Nc1cc(Cl)ccc1Cl. The van der Waals surface area contributed by atoms with Gasteiger partial charge in [0.2, 0.25) is 0 Å². The fraction of sp³-hybridized carbons (Fsp3) is 0.0455. The third-order valence-corrected chi connectivity index (χ3v) is 5.07. The number of benzene rings is 3. The molecule has 0 atom stereocenters. The summed E-state index contributed by atoms with van der Waals surface area (Å²) in [5, 5.41) is 6.85. The number of hydrogen-bond donors (Lipinski definition) is 2. The minimum atomic E-state index is -0.958. The molecule has 0 heterocycles. The summed E-state index contributed by atoms with van der Waals surface area (Å²) in [6.07, 6.45) is 1.40. The van der Waals surface area contributed by atoms with Crippen molar-refractivity contribution in [1.82, 2.24) is 5.43 Å². The van der Waals surface area contributed by atoms with Crippen molar-refractivity contribution < 1.29 is 14.3 Å². The monoisotopic (exact) mass is 519 g/mol. The highest BCUT2D eigenvalue weighted by atomic mass is 79.9. The number of para-hydroxylation sites is 1. The highest BCUT2D eigenvalue weighted by Crippen LogP contribution is 2.25. The molecule has 0 fully saturated rings. The van der Waals surface area contributed by atoms with Gasteiger partial charge in [-0.05, 0) is 48.0 Å². The minimum Gasteiger partial charge on any atom is -0.488 e. The zero-order valence-electron chi connectivity index (χ0n) is 15.9.